The molecule has 2 aromatic carbocycles. The molecule has 0 aliphatic heterocycles. The maximum Gasteiger partial charge on any atom is 0.306 e. The van der Waals surface area contributed by atoms with Crippen LogP contribution in [-0.4, -0.2) is 24.8 Å². The van der Waals surface area contributed by atoms with E-state index in [1.54, 1.807) is 7.11 Å². The van der Waals surface area contributed by atoms with Crippen molar-refractivity contribution in [1.82, 2.24) is 0 Å². The van der Waals surface area contributed by atoms with E-state index in [0.717, 1.165) is 36.3 Å². The topological polar surface area (TPSA) is 55.8 Å². The van der Waals surface area contributed by atoms with Gasteiger partial charge in [0.05, 0.1) is 19.6 Å². The van der Waals surface area contributed by atoms with Crippen LogP contribution in [0.2, 0.25) is 0 Å². The van der Waals surface area contributed by atoms with Gasteiger partial charge in [0, 0.05) is 0 Å². The quantitative estimate of drug-likeness (QED) is 0.563. The molecule has 160 valence electrons. The fourth-order valence-corrected chi connectivity index (χ4v) is 5.03. The highest BCUT2D eigenvalue weighted by atomic mass is 16.5. The van der Waals surface area contributed by atoms with Crippen LogP contribution in [0.5, 0.6) is 11.5 Å². The van der Waals surface area contributed by atoms with Crippen molar-refractivity contribution in [3.63, 3.8) is 0 Å². The van der Waals surface area contributed by atoms with Gasteiger partial charge in [0.15, 0.2) is 0 Å². The third-order valence-corrected chi connectivity index (χ3v) is 6.89. The van der Waals surface area contributed by atoms with E-state index in [4.69, 9.17) is 9.47 Å². The van der Waals surface area contributed by atoms with Crippen LogP contribution in [0, 0.1) is 17.8 Å². The lowest BCUT2D eigenvalue weighted by Crippen LogP contribution is -2.20. The summed E-state index contributed by atoms with van der Waals surface area (Å²) >= 11 is 0. The highest BCUT2D eigenvalue weighted by Crippen LogP contribution is 2.47. The fraction of sp³-hybridized carbons (Fsp3) is 0.500. The fourth-order valence-electron chi connectivity index (χ4n) is 5.03. The van der Waals surface area contributed by atoms with Crippen molar-refractivity contribution >= 4 is 5.97 Å². The lowest BCUT2D eigenvalue weighted by Gasteiger charge is -2.22. The number of carboxylic acids is 1. The molecule has 4 unspecified atom stereocenters. The summed E-state index contributed by atoms with van der Waals surface area (Å²) in [5.41, 5.74) is 2.46. The number of aliphatic carboxylic acids is 1. The first-order valence-corrected chi connectivity index (χ1v) is 11.1. The van der Waals surface area contributed by atoms with Crippen molar-refractivity contribution in [2.24, 2.45) is 17.8 Å². The number of hydrogen-bond donors (Lipinski definition) is 1. The minimum Gasteiger partial charge on any atom is -0.497 e. The van der Waals surface area contributed by atoms with Gasteiger partial charge < -0.3 is 14.6 Å². The van der Waals surface area contributed by atoms with Crippen LogP contribution in [0.25, 0.3) is 0 Å². The summed E-state index contributed by atoms with van der Waals surface area (Å²) in [5.74, 6) is 2.38. The van der Waals surface area contributed by atoms with E-state index in [-0.39, 0.29) is 11.8 Å². The molecule has 0 spiro atoms. The predicted molar refractivity (Wildman–Crippen MR) is 117 cm³/mol. The maximum absolute atomic E-state index is 11.6. The van der Waals surface area contributed by atoms with Gasteiger partial charge >= 0.3 is 5.97 Å². The number of carboxylic acid groups (broad SMARTS) is 1. The smallest absolute Gasteiger partial charge is 0.306 e. The zero-order valence-corrected chi connectivity index (χ0v) is 17.9. The van der Waals surface area contributed by atoms with Crippen LogP contribution in [0.4, 0.5) is 0 Å². The Labute approximate surface area is 179 Å². The first-order valence-electron chi connectivity index (χ1n) is 11.1. The van der Waals surface area contributed by atoms with E-state index in [9.17, 15) is 9.90 Å². The molecule has 4 rings (SSSR count). The summed E-state index contributed by atoms with van der Waals surface area (Å²) in [6.07, 6.45) is 5.74. The number of rotatable bonds is 9. The second-order valence-electron chi connectivity index (χ2n) is 9.03. The third kappa shape index (κ3) is 4.80. The van der Waals surface area contributed by atoms with Gasteiger partial charge in [-0.25, -0.2) is 0 Å². The lowest BCUT2D eigenvalue weighted by atomic mass is 9.83. The second-order valence-corrected chi connectivity index (χ2v) is 9.03. The predicted octanol–water partition coefficient (Wildman–Crippen LogP) is 5.87. The van der Waals surface area contributed by atoms with Crippen LogP contribution in [0.1, 0.15) is 62.0 Å². The standard InChI is InChI=1S/C26H32O4/c1-17(26(27)28)25(19-11-12-19)22-6-4-8-24(15-22)30-16-18-9-10-21(13-18)20-5-3-7-23(14-20)29-2/h3-8,14-15,17-19,21,25H,9-13,16H2,1-2H3,(H,27,28). The van der Waals surface area contributed by atoms with E-state index in [2.05, 4.69) is 30.3 Å². The zero-order valence-electron chi connectivity index (χ0n) is 17.9. The Morgan fingerprint density at radius 2 is 1.83 bits per heavy atom. The molecule has 1 N–H and O–H groups in total. The van der Waals surface area contributed by atoms with E-state index in [1.807, 2.05) is 25.1 Å². The molecule has 0 heterocycles. The molecule has 2 aliphatic rings. The average molecular weight is 409 g/mol. The maximum atomic E-state index is 11.6. The first-order chi connectivity index (χ1) is 14.5. The SMILES string of the molecule is COc1cccc(C2CCC(COc3cccc(C(C4CC4)C(C)C(=O)O)c3)C2)c1. The summed E-state index contributed by atoms with van der Waals surface area (Å²) in [6.45, 7) is 2.54. The summed E-state index contributed by atoms with van der Waals surface area (Å²) < 4.78 is 11.5. The molecular weight excluding hydrogens is 376 g/mol. The Bertz CT molecular complexity index is 873. The third-order valence-electron chi connectivity index (χ3n) is 6.89. The number of ether oxygens (including phenoxy) is 2. The monoisotopic (exact) mass is 408 g/mol. The second kappa shape index (κ2) is 9.11. The molecule has 4 atom stereocenters. The van der Waals surface area contributed by atoms with E-state index >= 15 is 0 Å². The molecule has 30 heavy (non-hydrogen) atoms. The highest BCUT2D eigenvalue weighted by molar-refractivity contribution is 5.71. The molecule has 0 bridgehead atoms. The summed E-state index contributed by atoms with van der Waals surface area (Å²) in [5, 5.41) is 9.52. The minimum atomic E-state index is -0.715. The van der Waals surface area contributed by atoms with Gasteiger partial charge in [-0.15, -0.1) is 0 Å². The number of hydrogen-bond acceptors (Lipinski definition) is 3. The van der Waals surface area contributed by atoms with Crippen molar-refractivity contribution in [2.75, 3.05) is 13.7 Å². The van der Waals surface area contributed by atoms with Crippen molar-refractivity contribution in [3.8, 4) is 11.5 Å². The van der Waals surface area contributed by atoms with Crippen LogP contribution < -0.4 is 9.47 Å². The molecule has 0 aromatic heterocycles. The van der Waals surface area contributed by atoms with Crippen molar-refractivity contribution in [3.05, 3.63) is 59.7 Å². The Morgan fingerprint density at radius 3 is 2.57 bits per heavy atom. The van der Waals surface area contributed by atoms with Gasteiger partial charge in [-0.05, 0) is 91.2 Å². The summed E-state index contributed by atoms with van der Waals surface area (Å²) in [7, 11) is 1.71. The van der Waals surface area contributed by atoms with Crippen molar-refractivity contribution in [1.29, 1.82) is 0 Å². The van der Waals surface area contributed by atoms with Crippen molar-refractivity contribution in [2.45, 2.75) is 50.9 Å². The molecule has 0 radical (unpaired) electrons. The Morgan fingerprint density at radius 1 is 1.07 bits per heavy atom. The minimum absolute atomic E-state index is 0.0787. The molecular formula is C26H32O4. The summed E-state index contributed by atoms with van der Waals surface area (Å²) in [4.78, 5) is 11.6. The van der Waals surface area contributed by atoms with Crippen LogP contribution in [-0.2, 0) is 4.79 Å². The van der Waals surface area contributed by atoms with Gasteiger partial charge in [0.1, 0.15) is 11.5 Å². The van der Waals surface area contributed by atoms with Gasteiger partial charge in [0.25, 0.3) is 0 Å². The van der Waals surface area contributed by atoms with Crippen LogP contribution in [0.15, 0.2) is 48.5 Å². The molecule has 4 nitrogen and oxygen atoms in total. The molecule has 2 saturated carbocycles. The largest absolute Gasteiger partial charge is 0.497 e. The highest BCUT2D eigenvalue weighted by Gasteiger charge is 2.38. The molecule has 2 aliphatic carbocycles. The van der Waals surface area contributed by atoms with Crippen LogP contribution in [0.3, 0.4) is 0 Å². The molecule has 0 saturated heterocycles. The van der Waals surface area contributed by atoms with Gasteiger partial charge in [-0.2, -0.15) is 0 Å². The molecule has 2 aromatic rings. The van der Waals surface area contributed by atoms with Gasteiger partial charge in [-0.1, -0.05) is 31.2 Å². The number of carbonyl (C=O) groups is 1. The zero-order chi connectivity index (χ0) is 21.1. The molecule has 0 amide bonds. The Kier molecular flexibility index (Phi) is 6.31. The Hall–Kier alpha value is -2.49. The molecule has 4 heteroatoms. The first kappa shape index (κ1) is 20.8. The average Bonchev–Trinajstić information content (AvgIpc) is 3.48. The Balaban J connectivity index is 1.36. The van der Waals surface area contributed by atoms with E-state index in [0.29, 0.717) is 24.4 Å². The number of benzene rings is 2. The van der Waals surface area contributed by atoms with Crippen LogP contribution >= 0.6 is 0 Å². The number of methoxy groups -OCH3 is 1. The van der Waals surface area contributed by atoms with E-state index in [1.165, 1.54) is 18.4 Å². The lowest BCUT2D eigenvalue weighted by molar-refractivity contribution is -0.142. The van der Waals surface area contributed by atoms with Gasteiger partial charge in [0.2, 0.25) is 0 Å². The molecule has 2 fully saturated rings. The van der Waals surface area contributed by atoms with Gasteiger partial charge in [-0.3, -0.25) is 4.79 Å². The van der Waals surface area contributed by atoms with Crippen molar-refractivity contribution < 1.29 is 19.4 Å². The normalized spacial score (nSPS) is 23.0. The summed E-state index contributed by atoms with van der Waals surface area (Å²) in [6, 6.07) is 16.5. The van der Waals surface area contributed by atoms with E-state index < -0.39 is 5.97 Å².